The Morgan fingerprint density at radius 2 is 1.73 bits per heavy atom. The first-order valence-corrected chi connectivity index (χ1v) is 9.75. The predicted molar refractivity (Wildman–Crippen MR) is 92.9 cm³/mol. The summed E-state index contributed by atoms with van der Waals surface area (Å²) in [4.78, 5) is 1.53. The predicted octanol–water partition coefficient (Wildman–Crippen LogP) is 2.28. The summed E-state index contributed by atoms with van der Waals surface area (Å²) in [6.07, 6.45) is 0. The van der Waals surface area contributed by atoms with E-state index in [9.17, 15) is 17.2 Å². The van der Waals surface area contributed by atoms with E-state index in [0.29, 0.717) is 25.8 Å². The van der Waals surface area contributed by atoms with Gasteiger partial charge in [-0.2, -0.15) is 0 Å². The van der Waals surface area contributed by atoms with E-state index >= 15 is 0 Å². The lowest BCUT2D eigenvalue weighted by atomic mass is 10.1. The Hall–Kier alpha value is -1.87. The van der Waals surface area contributed by atoms with Crippen molar-refractivity contribution >= 4 is 10.0 Å². The number of ether oxygens (including phenoxy) is 1. The Kier molecular flexibility index (Phi) is 5.98. The number of hydrogen-bond donors (Lipinski definition) is 1. The molecule has 26 heavy (non-hydrogen) atoms. The van der Waals surface area contributed by atoms with E-state index < -0.39 is 26.6 Å². The molecule has 5 nitrogen and oxygen atoms in total. The maximum Gasteiger partial charge on any atom is 0.243 e. The second kappa shape index (κ2) is 8.22. The molecule has 1 aliphatic rings. The van der Waals surface area contributed by atoms with Crippen LogP contribution in [-0.4, -0.2) is 39.6 Å². The molecular formula is C18H20F2N2O3S. The zero-order valence-corrected chi connectivity index (χ0v) is 14.9. The Morgan fingerprint density at radius 3 is 2.46 bits per heavy atom. The van der Waals surface area contributed by atoms with Gasteiger partial charge in [0, 0.05) is 26.2 Å². The largest absolute Gasteiger partial charge is 0.379 e. The number of morpholine rings is 1. The SMILES string of the molecule is O=S(=O)(NCc1ccccc1CN1CCOCC1)c1cc(F)ccc1F. The lowest BCUT2D eigenvalue weighted by Gasteiger charge is -2.27. The van der Waals surface area contributed by atoms with Crippen molar-refractivity contribution in [3.05, 3.63) is 65.2 Å². The summed E-state index contributed by atoms with van der Waals surface area (Å²) in [6.45, 7) is 3.65. The van der Waals surface area contributed by atoms with Crippen LogP contribution >= 0.6 is 0 Å². The minimum atomic E-state index is -4.16. The van der Waals surface area contributed by atoms with Gasteiger partial charge < -0.3 is 4.74 Å². The highest BCUT2D eigenvalue weighted by Crippen LogP contribution is 2.18. The Bertz CT molecular complexity index is 868. The molecule has 1 fully saturated rings. The molecule has 1 heterocycles. The summed E-state index contributed by atoms with van der Waals surface area (Å²) in [5, 5.41) is 0. The van der Waals surface area contributed by atoms with Gasteiger partial charge in [0.1, 0.15) is 16.5 Å². The molecule has 2 aromatic rings. The van der Waals surface area contributed by atoms with Crippen LogP contribution in [0.5, 0.6) is 0 Å². The average molecular weight is 382 g/mol. The maximum atomic E-state index is 13.8. The highest BCUT2D eigenvalue weighted by molar-refractivity contribution is 7.89. The fourth-order valence-electron chi connectivity index (χ4n) is 2.82. The normalized spacial score (nSPS) is 15.9. The minimum absolute atomic E-state index is 0.00119. The fraction of sp³-hybridized carbons (Fsp3) is 0.333. The number of benzene rings is 2. The molecule has 0 aliphatic carbocycles. The van der Waals surface area contributed by atoms with Crippen LogP contribution in [0.3, 0.4) is 0 Å². The zero-order chi connectivity index (χ0) is 18.6. The van der Waals surface area contributed by atoms with E-state index in [-0.39, 0.29) is 6.54 Å². The lowest BCUT2D eigenvalue weighted by Crippen LogP contribution is -2.36. The molecule has 0 radical (unpaired) electrons. The highest BCUT2D eigenvalue weighted by atomic mass is 32.2. The molecule has 140 valence electrons. The van der Waals surface area contributed by atoms with Gasteiger partial charge in [-0.3, -0.25) is 4.90 Å². The van der Waals surface area contributed by atoms with E-state index in [1.165, 1.54) is 0 Å². The Labute approximate surface area is 151 Å². The Balaban J connectivity index is 1.74. The number of rotatable bonds is 6. The third-order valence-electron chi connectivity index (χ3n) is 4.25. The van der Waals surface area contributed by atoms with Crippen LogP contribution in [0, 0.1) is 11.6 Å². The highest BCUT2D eigenvalue weighted by Gasteiger charge is 2.20. The van der Waals surface area contributed by atoms with E-state index in [1.807, 2.05) is 24.3 Å². The van der Waals surface area contributed by atoms with Crippen LogP contribution in [0.25, 0.3) is 0 Å². The summed E-state index contributed by atoms with van der Waals surface area (Å²) >= 11 is 0. The van der Waals surface area contributed by atoms with Gasteiger partial charge in [-0.25, -0.2) is 21.9 Å². The first kappa shape index (κ1) is 18.9. The van der Waals surface area contributed by atoms with Gasteiger partial charge >= 0.3 is 0 Å². The van der Waals surface area contributed by atoms with Gasteiger partial charge in [-0.15, -0.1) is 0 Å². The van der Waals surface area contributed by atoms with Crippen LogP contribution in [0.1, 0.15) is 11.1 Å². The second-order valence-electron chi connectivity index (χ2n) is 6.06. The van der Waals surface area contributed by atoms with Gasteiger partial charge in [0.25, 0.3) is 0 Å². The van der Waals surface area contributed by atoms with Crippen molar-refractivity contribution in [3.63, 3.8) is 0 Å². The minimum Gasteiger partial charge on any atom is -0.379 e. The molecular weight excluding hydrogens is 362 g/mol. The van der Waals surface area contributed by atoms with Crippen LogP contribution in [0.4, 0.5) is 8.78 Å². The van der Waals surface area contributed by atoms with Crippen molar-refractivity contribution in [3.8, 4) is 0 Å². The smallest absolute Gasteiger partial charge is 0.243 e. The summed E-state index contributed by atoms with van der Waals surface area (Å²) in [5.41, 5.74) is 1.77. The molecule has 3 rings (SSSR count). The Morgan fingerprint density at radius 1 is 1.04 bits per heavy atom. The number of sulfonamides is 1. The molecule has 0 saturated carbocycles. The van der Waals surface area contributed by atoms with Crippen LogP contribution < -0.4 is 4.72 Å². The average Bonchev–Trinajstić information content (AvgIpc) is 2.64. The number of nitrogens with one attached hydrogen (secondary N) is 1. The first-order chi connectivity index (χ1) is 12.5. The van der Waals surface area contributed by atoms with Gasteiger partial charge in [0.2, 0.25) is 10.0 Å². The second-order valence-corrected chi connectivity index (χ2v) is 7.79. The molecule has 0 spiro atoms. The van der Waals surface area contributed by atoms with Crippen molar-refractivity contribution in [2.45, 2.75) is 18.0 Å². The van der Waals surface area contributed by atoms with Gasteiger partial charge in [0.15, 0.2) is 0 Å². The summed E-state index contributed by atoms with van der Waals surface area (Å²) < 4.78 is 59.4. The van der Waals surface area contributed by atoms with Crippen molar-refractivity contribution in [1.29, 1.82) is 0 Å². The van der Waals surface area contributed by atoms with Gasteiger partial charge in [-0.05, 0) is 29.3 Å². The van der Waals surface area contributed by atoms with Crippen LogP contribution in [-0.2, 0) is 27.8 Å². The molecule has 0 atom stereocenters. The fourth-order valence-corrected chi connectivity index (χ4v) is 3.91. The molecule has 2 aromatic carbocycles. The molecule has 0 amide bonds. The first-order valence-electron chi connectivity index (χ1n) is 8.27. The molecule has 1 N–H and O–H groups in total. The van der Waals surface area contributed by atoms with E-state index in [1.54, 1.807) is 0 Å². The van der Waals surface area contributed by atoms with Gasteiger partial charge in [-0.1, -0.05) is 24.3 Å². The number of hydrogen-bond acceptors (Lipinski definition) is 4. The summed E-state index contributed by atoms with van der Waals surface area (Å²) in [5.74, 6) is -1.79. The molecule has 0 unspecified atom stereocenters. The molecule has 0 aromatic heterocycles. The van der Waals surface area contributed by atoms with Crippen LogP contribution in [0.15, 0.2) is 47.4 Å². The third-order valence-corrected chi connectivity index (χ3v) is 5.67. The monoisotopic (exact) mass is 382 g/mol. The topological polar surface area (TPSA) is 58.6 Å². The number of halogens is 2. The summed E-state index contributed by atoms with van der Waals surface area (Å²) in [7, 11) is -4.16. The van der Waals surface area contributed by atoms with Crippen molar-refractivity contribution < 1.29 is 21.9 Å². The van der Waals surface area contributed by atoms with E-state index in [0.717, 1.165) is 36.3 Å². The maximum absolute atomic E-state index is 13.8. The zero-order valence-electron chi connectivity index (χ0n) is 14.1. The van der Waals surface area contributed by atoms with Crippen LogP contribution in [0.2, 0.25) is 0 Å². The molecule has 1 saturated heterocycles. The summed E-state index contributed by atoms with van der Waals surface area (Å²) in [6, 6.07) is 9.82. The van der Waals surface area contributed by atoms with Crippen molar-refractivity contribution in [1.82, 2.24) is 9.62 Å². The molecule has 8 heteroatoms. The standard InChI is InChI=1S/C18H20F2N2O3S/c19-16-5-6-17(20)18(11-16)26(23,24)21-12-14-3-1-2-4-15(14)13-22-7-9-25-10-8-22/h1-6,11,21H,7-10,12-13H2. The lowest BCUT2D eigenvalue weighted by molar-refractivity contribution is 0.0341. The van der Waals surface area contributed by atoms with Crippen molar-refractivity contribution in [2.24, 2.45) is 0 Å². The number of nitrogens with zero attached hydrogens (tertiary/aromatic N) is 1. The molecule has 1 aliphatic heterocycles. The van der Waals surface area contributed by atoms with Crippen molar-refractivity contribution in [2.75, 3.05) is 26.3 Å². The van der Waals surface area contributed by atoms with Gasteiger partial charge in [0.05, 0.1) is 13.2 Å². The third kappa shape index (κ3) is 4.64. The quantitative estimate of drug-likeness (QED) is 0.833. The van der Waals surface area contributed by atoms with E-state index in [2.05, 4.69) is 9.62 Å². The van der Waals surface area contributed by atoms with E-state index in [4.69, 9.17) is 4.74 Å². The molecule has 0 bridgehead atoms.